The maximum Gasteiger partial charge on any atom is 0.308 e. The van der Waals surface area contributed by atoms with Gasteiger partial charge in [-0.25, -0.2) is 8.78 Å². The van der Waals surface area contributed by atoms with Crippen molar-refractivity contribution in [3.63, 3.8) is 0 Å². The number of carbonyl (C=O) groups is 1. The molecule has 110 valence electrons. The number of nitrogens with zero attached hydrogens (tertiary/aromatic N) is 1. The van der Waals surface area contributed by atoms with Crippen molar-refractivity contribution >= 4 is 5.97 Å². The summed E-state index contributed by atoms with van der Waals surface area (Å²) < 4.78 is 26.9. The number of likely N-dealkylation sites (tertiary alicyclic amines) is 1. The summed E-state index contributed by atoms with van der Waals surface area (Å²) in [7, 11) is 0. The van der Waals surface area contributed by atoms with Crippen molar-refractivity contribution in [2.24, 2.45) is 5.92 Å². The van der Waals surface area contributed by atoms with Crippen LogP contribution in [0.25, 0.3) is 0 Å². The number of carboxylic acids is 1. The van der Waals surface area contributed by atoms with E-state index in [2.05, 4.69) is 0 Å². The van der Waals surface area contributed by atoms with Crippen LogP contribution in [0.2, 0.25) is 0 Å². The molecule has 2 rings (SSSR count). The highest BCUT2D eigenvalue weighted by Crippen LogP contribution is 2.37. The Labute approximate surface area is 117 Å². The Morgan fingerprint density at radius 2 is 1.95 bits per heavy atom. The summed E-state index contributed by atoms with van der Waals surface area (Å²) in [6, 6.07) is 3.35. The highest BCUT2D eigenvalue weighted by molar-refractivity contribution is 5.72. The van der Waals surface area contributed by atoms with Gasteiger partial charge in [0.1, 0.15) is 11.6 Å². The third kappa shape index (κ3) is 2.82. The van der Waals surface area contributed by atoms with Gasteiger partial charge >= 0.3 is 5.97 Å². The number of aliphatic carboxylic acids is 1. The zero-order chi connectivity index (χ0) is 15.1. The molecule has 0 saturated carbocycles. The molecular weight excluding hydrogens is 264 g/mol. The van der Waals surface area contributed by atoms with Crippen LogP contribution in [0.15, 0.2) is 18.2 Å². The van der Waals surface area contributed by atoms with Crippen molar-refractivity contribution in [3.05, 3.63) is 35.4 Å². The largest absolute Gasteiger partial charge is 0.481 e. The second-order valence-corrected chi connectivity index (χ2v) is 6.29. The van der Waals surface area contributed by atoms with E-state index in [1.807, 2.05) is 25.7 Å². The Bertz CT molecular complexity index is 525. The van der Waals surface area contributed by atoms with Crippen molar-refractivity contribution in [2.75, 3.05) is 13.1 Å². The quantitative estimate of drug-likeness (QED) is 0.907. The Morgan fingerprint density at radius 3 is 2.45 bits per heavy atom. The van der Waals surface area contributed by atoms with E-state index in [9.17, 15) is 18.7 Å². The first-order chi connectivity index (χ1) is 9.20. The number of hydrogen-bond acceptors (Lipinski definition) is 2. The molecule has 0 bridgehead atoms. The number of halogens is 2. The lowest BCUT2D eigenvalue weighted by Crippen LogP contribution is -2.40. The van der Waals surface area contributed by atoms with Crippen LogP contribution in [0.5, 0.6) is 0 Å². The van der Waals surface area contributed by atoms with Gasteiger partial charge in [-0.3, -0.25) is 9.69 Å². The summed E-state index contributed by atoms with van der Waals surface area (Å²) in [4.78, 5) is 13.4. The van der Waals surface area contributed by atoms with Crippen LogP contribution in [0.3, 0.4) is 0 Å². The molecule has 2 atom stereocenters. The number of rotatable bonds is 2. The van der Waals surface area contributed by atoms with Gasteiger partial charge in [-0.15, -0.1) is 0 Å². The molecular formula is C15H19F2NO2. The number of carboxylic acid groups (broad SMARTS) is 1. The topological polar surface area (TPSA) is 40.5 Å². The van der Waals surface area contributed by atoms with Crippen LogP contribution >= 0.6 is 0 Å². The molecule has 0 aromatic heterocycles. The van der Waals surface area contributed by atoms with E-state index in [0.29, 0.717) is 13.1 Å². The van der Waals surface area contributed by atoms with Gasteiger partial charge in [-0.1, -0.05) is 6.07 Å². The summed E-state index contributed by atoms with van der Waals surface area (Å²) in [6.07, 6.45) is 0. The smallest absolute Gasteiger partial charge is 0.308 e. The number of hydrogen-bond donors (Lipinski definition) is 1. The van der Waals surface area contributed by atoms with Crippen molar-refractivity contribution in [2.45, 2.75) is 32.2 Å². The van der Waals surface area contributed by atoms with Crippen LogP contribution in [-0.2, 0) is 4.79 Å². The van der Waals surface area contributed by atoms with E-state index in [1.54, 1.807) is 0 Å². The van der Waals surface area contributed by atoms with Crippen molar-refractivity contribution in [1.29, 1.82) is 0 Å². The van der Waals surface area contributed by atoms with Gasteiger partial charge in [-0.2, -0.15) is 0 Å². The molecule has 0 spiro atoms. The van der Waals surface area contributed by atoms with Crippen molar-refractivity contribution in [1.82, 2.24) is 4.90 Å². The molecule has 1 aliphatic rings. The molecule has 1 aromatic carbocycles. The van der Waals surface area contributed by atoms with Crippen molar-refractivity contribution in [3.8, 4) is 0 Å². The molecule has 0 aliphatic carbocycles. The molecule has 1 fully saturated rings. The molecule has 1 aliphatic heterocycles. The fraction of sp³-hybridized carbons (Fsp3) is 0.533. The predicted octanol–water partition coefficient (Wildman–Crippen LogP) is 2.86. The summed E-state index contributed by atoms with van der Waals surface area (Å²) in [5.41, 5.74) is 0.101. The van der Waals surface area contributed by atoms with Gasteiger partial charge in [0, 0.05) is 30.6 Å². The third-order valence-electron chi connectivity index (χ3n) is 3.95. The molecule has 1 heterocycles. The fourth-order valence-corrected chi connectivity index (χ4v) is 2.72. The van der Waals surface area contributed by atoms with Gasteiger partial charge in [0.15, 0.2) is 0 Å². The minimum atomic E-state index is -0.939. The molecule has 0 radical (unpaired) electrons. The normalized spacial score (nSPS) is 24.1. The fourth-order valence-electron chi connectivity index (χ4n) is 2.72. The van der Waals surface area contributed by atoms with E-state index >= 15 is 0 Å². The molecule has 1 aromatic rings. The second-order valence-electron chi connectivity index (χ2n) is 6.29. The second kappa shape index (κ2) is 5.13. The number of benzene rings is 1. The maximum atomic E-state index is 13.9. The SMILES string of the molecule is CC(C)(C)N1C[C@H](C(=O)O)[C@@H](c2ccc(F)cc2F)C1. The molecule has 3 nitrogen and oxygen atoms in total. The zero-order valence-corrected chi connectivity index (χ0v) is 11.9. The van der Waals surface area contributed by atoms with Crippen molar-refractivity contribution < 1.29 is 18.7 Å². The van der Waals surface area contributed by atoms with Crippen LogP contribution in [-0.4, -0.2) is 34.6 Å². The monoisotopic (exact) mass is 283 g/mol. The van der Waals surface area contributed by atoms with Crippen LogP contribution in [0.1, 0.15) is 32.3 Å². The molecule has 1 saturated heterocycles. The van der Waals surface area contributed by atoms with E-state index in [4.69, 9.17) is 0 Å². The van der Waals surface area contributed by atoms with E-state index in [0.717, 1.165) is 6.07 Å². The third-order valence-corrected chi connectivity index (χ3v) is 3.95. The summed E-state index contributed by atoms with van der Waals surface area (Å²) in [5.74, 6) is -3.38. The molecule has 5 heteroatoms. The predicted molar refractivity (Wildman–Crippen MR) is 71.6 cm³/mol. The first-order valence-electron chi connectivity index (χ1n) is 6.63. The van der Waals surface area contributed by atoms with Gasteiger partial charge in [-0.05, 0) is 32.4 Å². The maximum absolute atomic E-state index is 13.9. The first kappa shape index (κ1) is 14.9. The summed E-state index contributed by atoms with van der Waals surface area (Å²) >= 11 is 0. The van der Waals surface area contributed by atoms with Gasteiger partial charge in [0.2, 0.25) is 0 Å². The average molecular weight is 283 g/mol. The minimum Gasteiger partial charge on any atom is -0.481 e. The molecule has 1 N–H and O–H groups in total. The van der Waals surface area contributed by atoms with E-state index < -0.39 is 29.4 Å². The highest BCUT2D eigenvalue weighted by Gasteiger charge is 2.42. The highest BCUT2D eigenvalue weighted by atomic mass is 19.1. The van der Waals surface area contributed by atoms with E-state index in [1.165, 1.54) is 12.1 Å². The lowest BCUT2D eigenvalue weighted by molar-refractivity contribution is -0.141. The Kier molecular flexibility index (Phi) is 3.82. The summed E-state index contributed by atoms with van der Waals surface area (Å²) in [6.45, 7) is 6.82. The lowest BCUT2D eigenvalue weighted by Gasteiger charge is -2.31. The molecule has 0 amide bonds. The van der Waals surface area contributed by atoms with Crippen LogP contribution in [0.4, 0.5) is 8.78 Å². The lowest BCUT2D eigenvalue weighted by atomic mass is 9.88. The first-order valence-corrected chi connectivity index (χ1v) is 6.63. The Hall–Kier alpha value is -1.49. The van der Waals surface area contributed by atoms with Gasteiger partial charge < -0.3 is 5.11 Å². The average Bonchev–Trinajstić information content (AvgIpc) is 2.73. The zero-order valence-electron chi connectivity index (χ0n) is 11.9. The Morgan fingerprint density at radius 1 is 1.30 bits per heavy atom. The summed E-state index contributed by atoms with van der Waals surface area (Å²) in [5, 5.41) is 9.35. The van der Waals surface area contributed by atoms with Crippen LogP contribution < -0.4 is 0 Å². The van der Waals surface area contributed by atoms with Gasteiger partial charge in [0.05, 0.1) is 5.92 Å². The standard InChI is InChI=1S/C15H19F2NO2/c1-15(2,3)18-7-11(12(8-18)14(19)20)10-5-4-9(16)6-13(10)17/h4-6,11-12H,7-8H2,1-3H3,(H,19,20)/t11-,12+/m1/s1. The minimum absolute atomic E-state index is 0.182. The van der Waals surface area contributed by atoms with Gasteiger partial charge in [0.25, 0.3) is 0 Å². The molecule has 20 heavy (non-hydrogen) atoms. The van der Waals surface area contributed by atoms with Crippen LogP contribution in [0, 0.1) is 17.6 Å². The van der Waals surface area contributed by atoms with E-state index in [-0.39, 0.29) is 11.1 Å². The Balaban J connectivity index is 2.35. The molecule has 0 unspecified atom stereocenters.